The molecule has 0 aliphatic rings. The van der Waals surface area contributed by atoms with Crippen molar-refractivity contribution in [1.82, 2.24) is 5.32 Å². The SMILES string of the molecule is CCCCC/C=C\C/C=C\CCCCCCCCCC(=O)NC(COP(=O)(O)OCC[N+](C)(C)C)C(/C=C/CCCCCCCCCCCCC)OC(=O)CCCCCCCCCCC/C=C/CCCCCCCC. The van der Waals surface area contributed by atoms with Gasteiger partial charge in [0.25, 0.3) is 0 Å². The van der Waals surface area contributed by atoms with E-state index >= 15 is 0 Å². The number of ether oxygens (including phenoxy) is 1. The third kappa shape index (κ3) is 56.5. The van der Waals surface area contributed by atoms with E-state index in [1.165, 1.54) is 193 Å². The number of hydrogen-bond acceptors (Lipinski definition) is 6. The van der Waals surface area contributed by atoms with Crippen molar-refractivity contribution in [3.8, 4) is 0 Å². The fourth-order valence-corrected chi connectivity index (χ4v) is 10.00. The van der Waals surface area contributed by atoms with Gasteiger partial charge in [-0.1, -0.05) is 250 Å². The van der Waals surface area contributed by atoms with E-state index in [0.29, 0.717) is 17.4 Å². The summed E-state index contributed by atoms with van der Waals surface area (Å²) in [6, 6.07) is -0.852. The van der Waals surface area contributed by atoms with Crippen LogP contribution in [0.15, 0.2) is 48.6 Å². The van der Waals surface area contributed by atoms with Crippen LogP contribution in [0.2, 0.25) is 0 Å². The smallest absolute Gasteiger partial charge is 0.456 e. The summed E-state index contributed by atoms with van der Waals surface area (Å²) in [6.07, 6.45) is 68.1. The zero-order chi connectivity index (χ0) is 55.0. The molecule has 0 aromatic carbocycles. The Labute approximate surface area is 465 Å². The van der Waals surface area contributed by atoms with Crippen molar-refractivity contribution in [3.05, 3.63) is 48.6 Å². The number of phosphoric ester groups is 1. The molecule has 440 valence electrons. The number of carbonyl (C=O) groups excluding carboxylic acids is 2. The van der Waals surface area contributed by atoms with Gasteiger partial charge in [0.1, 0.15) is 19.3 Å². The van der Waals surface area contributed by atoms with E-state index in [2.05, 4.69) is 62.5 Å². The first-order chi connectivity index (χ1) is 36.4. The maximum Gasteiger partial charge on any atom is 0.472 e. The first-order valence-corrected chi connectivity index (χ1v) is 33.5. The molecule has 0 heterocycles. The quantitative estimate of drug-likeness (QED) is 0.0205. The molecule has 0 aliphatic carbocycles. The number of phosphoric acid groups is 1. The summed E-state index contributed by atoms with van der Waals surface area (Å²) < 4.78 is 30.7. The molecule has 0 aromatic heterocycles. The van der Waals surface area contributed by atoms with E-state index in [-0.39, 0.29) is 31.5 Å². The second kappa shape index (κ2) is 55.3. The predicted octanol–water partition coefficient (Wildman–Crippen LogP) is 19.7. The molecule has 9 nitrogen and oxygen atoms in total. The van der Waals surface area contributed by atoms with Gasteiger partial charge < -0.3 is 19.4 Å². The Bertz CT molecular complexity index is 1420. The van der Waals surface area contributed by atoms with Crippen LogP contribution in [0.5, 0.6) is 0 Å². The highest BCUT2D eigenvalue weighted by Gasteiger charge is 2.30. The van der Waals surface area contributed by atoms with Crippen molar-refractivity contribution in [2.45, 2.75) is 315 Å². The van der Waals surface area contributed by atoms with E-state index in [1.54, 1.807) is 0 Å². The zero-order valence-electron chi connectivity index (χ0n) is 50.3. The number of rotatable bonds is 58. The molecule has 3 unspecified atom stereocenters. The summed E-state index contributed by atoms with van der Waals surface area (Å²) in [7, 11) is 1.50. The Kier molecular flexibility index (Phi) is 53.8. The van der Waals surface area contributed by atoms with Crippen molar-refractivity contribution in [1.29, 1.82) is 0 Å². The van der Waals surface area contributed by atoms with Gasteiger partial charge in [-0.3, -0.25) is 18.6 Å². The summed E-state index contributed by atoms with van der Waals surface area (Å²) >= 11 is 0. The molecule has 0 radical (unpaired) electrons. The van der Waals surface area contributed by atoms with Gasteiger partial charge in [0.05, 0.1) is 33.8 Å². The van der Waals surface area contributed by atoms with Gasteiger partial charge >= 0.3 is 13.8 Å². The monoisotopic (exact) mass is 1080 g/mol. The molecule has 0 saturated carbocycles. The Balaban J connectivity index is 5.26. The van der Waals surface area contributed by atoms with Crippen molar-refractivity contribution < 1.29 is 37.3 Å². The van der Waals surface area contributed by atoms with Crippen molar-refractivity contribution >= 4 is 19.7 Å². The molecule has 0 spiro atoms. The Morgan fingerprint density at radius 3 is 1.24 bits per heavy atom. The van der Waals surface area contributed by atoms with Crippen LogP contribution in [-0.4, -0.2) is 74.3 Å². The average Bonchev–Trinajstić information content (AvgIpc) is 3.37. The zero-order valence-corrected chi connectivity index (χ0v) is 51.2. The molecule has 10 heteroatoms. The number of carbonyl (C=O) groups is 2. The second-order valence-electron chi connectivity index (χ2n) is 22.9. The van der Waals surface area contributed by atoms with Gasteiger partial charge in [-0.15, -0.1) is 0 Å². The molecular weight excluding hydrogens is 952 g/mol. The maximum absolute atomic E-state index is 13.6. The largest absolute Gasteiger partial charge is 0.472 e. The van der Waals surface area contributed by atoms with E-state index in [1.807, 2.05) is 33.3 Å². The van der Waals surface area contributed by atoms with E-state index < -0.39 is 20.0 Å². The number of unbranched alkanes of at least 4 members (excludes halogenated alkanes) is 36. The van der Waals surface area contributed by atoms with E-state index in [0.717, 1.165) is 77.0 Å². The highest BCUT2D eigenvalue weighted by atomic mass is 31.2. The molecule has 0 fully saturated rings. The van der Waals surface area contributed by atoms with Crippen LogP contribution in [0.1, 0.15) is 303 Å². The lowest BCUT2D eigenvalue weighted by molar-refractivity contribution is -0.870. The second-order valence-corrected chi connectivity index (χ2v) is 24.4. The minimum Gasteiger partial charge on any atom is -0.456 e. The standard InChI is InChI=1S/C65H123N2O7P/c1-7-10-13-16-19-22-25-28-30-32-33-35-37-40-43-46-49-52-55-58-65(69)74-63(56-53-50-47-44-41-38-27-24-21-18-15-12-9-3)62(61-73-75(70,71)72-60-59-67(4,5)6)66-64(68)57-54-51-48-45-42-39-36-34-31-29-26-23-20-17-14-11-8-2/h20,23,28-31,53,56,62-63H,7-19,21-22,24-27,32-52,54-55,57-61H2,1-6H3,(H-,66,68,70,71)/p+1/b23-20-,30-28+,31-29-,56-53+. The molecule has 0 rings (SSSR count). The first kappa shape index (κ1) is 73.0. The minimum atomic E-state index is -4.45. The third-order valence-corrected chi connectivity index (χ3v) is 15.2. The highest BCUT2D eigenvalue weighted by molar-refractivity contribution is 7.47. The summed E-state index contributed by atoms with van der Waals surface area (Å²) in [5.41, 5.74) is 0. The van der Waals surface area contributed by atoms with Gasteiger partial charge in [-0.25, -0.2) is 4.57 Å². The van der Waals surface area contributed by atoms with Crippen molar-refractivity contribution in [3.63, 3.8) is 0 Å². The molecule has 0 aromatic rings. The lowest BCUT2D eigenvalue weighted by atomic mass is 10.0. The summed E-state index contributed by atoms with van der Waals surface area (Å²) in [5.74, 6) is -0.507. The van der Waals surface area contributed by atoms with Crippen molar-refractivity contribution in [2.75, 3.05) is 40.9 Å². The highest BCUT2D eigenvalue weighted by Crippen LogP contribution is 2.43. The van der Waals surface area contributed by atoms with Crippen LogP contribution in [0.3, 0.4) is 0 Å². The summed E-state index contributed by atoms with van der Waals surface area (Å²) in [5, 5.41) is 3.06. The number of esters is 1. The number of nitrogens with zero attached hydrogens (tertiary/aromatic N) is 1. The van der Waals surface area contributed by atoms with E-state index in [4.69, 9.17) is 13.8 Å². The molecule has 75 heavy (non-hydrogen) atoms. The number of hydrogen-bond donors (Lipinski definition) is 2. The molecule has 1 amide bonds. The van der Waals surface area contributed by atoms with Gasteiger partial charge in [-0.05, 0) is 89.5 Å². The fourth-order valence-electron chi connectivity index (χ4n) is 9.26. The number of amides is 1. The van der Waals surface area contributed by atoms with Crippen LogP contribution in [0.4, 0.5) is 0 Å². The average molecular weight is 1080 g/mol. The van der Waals surface area contributed by atoms with Gasteiger partial charge in [0, 0.05) is 12.8 Å². The Hall–Kier alpha value is -2.03. The van der Waals surface area contributed by atoms with Crippen LogP contribution < -0.4 is 5.32 Å². The summed E-state index contributed by atoms with van der Waals surface area (Å²) in [6.45, 7) is 7.01. The van der Waals surface area contributed by atoms with E-state index in [9.17, 15) is 19.0 Å². The predicted molar refractivity (Wildman–Crippen MR) is 323 cm³/mol. The summed E-state index contributed by atoms with van der Waals surface area (Å²) in [4.78, 5) is 37.7. The van der Waals surface area contributed by atoms with Crippen LogP contribution in [0, 0.1) is 0 Å². The van der Waals surface area contributed by atoms with Crippen LogP contribution in [-0.2, 0) is 27.9 Å². The van der Waals surface area contributed by atoms with Crippen molar-refractivity contribution in [2.24, 2.45) is 0 Å². The number of likely N-dealkylation sites (N-methyl/N-ethyl adjacent to an activating group) is 1. The molecule has 3 atom stereocenters. The molecule has 0 aliphatic heterocycles. The van der Waals surface area contributed by atoms with Gasteiger partial charge in [-0.2, -0.15) is 0 Å². The lowest BCUT2D eigenvalue weighted by Gasteiger charge is -2.27. The normalized spacial score (nSPS) is 14.0. The number of nitrogens with one attached hydrogen (secondary N) is 1. The number of quaternary nitrogens is 1. The molecule has 2 N–H and O–H groups in total. The lowest BCUT2D eigenvalue weighted by Crippen LogP contribution is -2.47. The van der Waals surface area contributed by atoms with Crippen LogP contribution in [0.25, 0.3) is 0 Å². The molecule has 0 saturated heterocycles. The maximum atomic E-state index is 13.6. The molecular formula is C65H124N2O7P+. The Morgan fingerprint density at radius 1 is 0.467 bits per heavy atom. The van der Waals surface area contributed by atoms with Crippen LogP contribution >= 0.6 is 7.82 Å². The number of allylic oxidation sites excluding steroid dienone is 7. The molecule has 0 bridgehead atoms. The topological polar surface area (TPSA) is 111 Å². The fraction of sp³-hybridized carbons (Fsp3) is 0.846. The van der Waals surface area contributed by atoms with Gasteiger partial charge in [0.2, 0.25) is 5.91 Å². The first-order valence-electron chi connectivity index (χ1n) is 32.0. The van der Waals surface area contributed by atoms with Gasteiger partial charge in [0.15, 0.2) is 0 Å². The Morgan fingerprint density at radius 2 is 0.813 bits per heavy atom. The minimum absolute atomic E-state index is 0.0387. The third-order valence-electron chi connectivity index (χ3n) is 14.2.